The van der Waals surface area contributed by atoms with Gasteiger partial charge in [0.2, 0.25) is 5.91 Å². The van der Waals surface area contributed by atoms with Crippen molar-refractivity contribution in [3.63, 3.8) is 0 Å². The molecule has 24 heavy (non-hydrogen) atoms. The Balaban J connectivity index is 1.44. The van der Waals surface area contributed by atoms with Gasteiger partial charge in [-0.3, -0.25) is 14.4 Å². The molecule has 1 amide bonds. The predicted molar refractivity (Wildman–Crippen MR) is 94.8 cm³/mol. The highest BCUT2D eigenvalue weighted by molar-refractivity contribution is 7.09. The van der Waals surface area contributed by atoms with E-state index in [1.165, 1.54) is 11.3 Å². The first kappa shape index (κ1) is 17.1. The lowest BCUT2D eigenvalue weighted by Gasteiger charge is -2.36. The average Bonchev–Trinajstić information content (AvgIpc) is 3.28. The van der Waals surface area contributed by atoms with Crippen LogP contribution in [0.25, 0.3) is 0 Å². The van der Waals surface area contributed by atoms with Gasteiger partial charge in [-0.25, -0.2) is 4.98 Å². The summed E-state index contributed by atoms with van der Waals surface area (Å²) in [5.74, 6) is 0.662. The zero-order chi connectivity index (χ0) is 16.8. The summed E-state index contributed by atoms with van der Waals surface area (Å²) >= 11 is 1.74. The number of carbonyl (C=O) groups excluding carboxylic acids is 1. The van der Waals surface area contributed by atoms with Crippen molar-refractivity contribution < 1.29 is 4.79 Å². The van der Waals surface area contributed by atoms with E-state index in [4.69, 9.17) is 0 Å². The van der Waals surface area contributed by atoms with Crippen molar-refractivity contribution in [2.24, 2.45) is 5.92 Å². The number of nitrogens with one attached hydrogen (secondary N) is 1. The van der Waals surface area contributed by atoms with Gasteiger partial charge in [-0.15, -0.1) is 11.3 Å². The van der Waals surface area contributed by atoms with E-state index in [2.05, 4.69) is 31.7 Å². The molecule has 0 aromatic carbocycles. The molecule has 0 saturated carbocycles. The van der Waals surface area contributed by atoms with Crippen LogP contribution in [0.1, 0.15) is 24.6 Å². The van der Waals surface area contributed by atoms with E-state index < -0.39 is 0 Å². The third-order valence-electron chi connectivity index (χ3n) is 4.64. The van der Waals surface area contributed by atoms with Crippen LogP contribution in [0, 0.1) is 5.92 Å². The van der Waals surface area contributed by atoms with Crippen molar-refractivity contribution in [3.05, 3.63) is 35.0 Å². The van der Waals surface area contributed by atoms with Gasteiger partial charge < -0.3 is 5.32 Å². The molecule has 2 atom stereocenters. The van der Waals surface area contributed by atoms with E-state index in [9.17, 15) is 4.79 Å². The number of rotatable bonds is 7. The van der Waals surface area contributed by atoms with Crippen LogP contribution >= 0.6 is 11.3 Å². The van der Waals surface area contributed by atoms with Gasteiger partial charge in [0, 0.05) is 24.5 Å². The second kappa shape index (κ2) is 8.39. The molecule has 1 N–H and O–H groups in total. The summed E-state index contributed by atoms with van der Waals surface area (Å²) < 4.78 is 1.89. The first-order valence-corrected chi connectivity index (χ1v) is 9.47. The molecule has 6 nitrogen and oxygen atoms in total. The highest BCUT2D eigenvalue weighted by Crippen LogP contribution is 2.20. The summed E-state index contributed by atoms with van der Waals surface area (Å²) in [6.45, 7) is 5.54. The normalized spacial score (nSPS) is 20.0. The number of thiophene rings is 1. The van der Waals surface area contributed by atoms with Crippen LogP contribution in [0.5, 0.6) is 0 Å². The number of likely N-dealkylation sites (tertiary alicyclic amines) is 1. The van der Waals surface area contributed by atoms with E-state index in [0.29, 0.717) is 12.5 Å². The minimum Gasteiger partial charge on any atom is -0.354 e. The summed E-state index contributed by atoms with van der Waals surface area (Å²) in [6, 6.07) is 4.08. The van der Waals surface area contributed by atoms with Crippen LogP contribution in [-0.4, -0.2) is 51.2 Å². The van der Waals surface area contributed by atoms with Crippen molar-refractivity contribution in [2.75, 3.05) is 19.6 Å². The van der Waals surface area contributed by atoms with Gasteiger partial charge in [0.25, 0.3) is 0 Å². The molecule has 2 aromatic heterocycles. The van der Waals surface area contributed by atoms with Crippen LogP contribution in [-0.2, 0) is 17.8 Å². The molecule has 1 aliphatic rings. The quantitative estimate of drug-likeness (QED) is 0.830. The number of aromatic nitrogens is 3. The molecule has 7 heteroatoms. The molecule has 1 aliphatic heterocycles. The monoisotopic (exact) mass is 347 g/mol. The zero-order valence-corrected chi connectivity index (χ0v) is 14.9. The number of piperidine rings is 1. The fraction of sp³-hybridized carbons (Fsp3) is 0.588. The third kappa shape index (κ3) is 4.64. The molecule has 1 saturated heterocycles. The fourth-order valence-electron chi connectivity index (χ4n) is 3.27. The van der Waals surface area contributed by atoms with E-state index in [0.717, 1.165) is 32.5 Å². The van der Waals surface area contributed by atoms with Gasteiger partial charge in [0.05, 0.1) is 6.04 Å². The smallest absolute Gasteiger partial charge is 0.237 e. The predicted octanol–water partition coefficient (Wildman–Crippen LogP) is 1.80. The topological polar surface area (TPSA) is 63.1 Å². The third-order valence-corrected chi connectivity index (χ3v) is 5.58. The highest BCUT2D eigenvalue weighted by atomic mass is 32.1. The number of carbonyl (C=O) groups is 1. The molecule has 0 radical (unpaired) electrons. The Bertz CT molecular complexity index is 613. The maximum Gasteiger partial charge on any atom is 0.237 e. The lowest BCUT2D eigenvalue weighted by Crippen LogP contribution is -2.49. The Morgan fingerprint density at radius 1 is 1.54 bits per heavy atom. The summed E-state index contributed by atoms with van der Waals surface area (Å²) in [5, 5.41) is 9.34. The van der Waals surface area contributed by atoms with Gasteiger partial charge >= 0.3 is 0 Å². The molecule has 0 spiro atoms. The van der Waals surface area contributed by atoms with E-state index in [-0.39, 0.29) is 11.9 Å². The molecule has 3 rings (SSSR count). The average molecular weight is 347 g/mol. The summed E-state index contributed by atoms with van der Waals surface area (Å²) in [6.07, 6.45) is 6.56. The van der Waals surface area contributed by atoms with Crippen molar-refractivity contribution in [1.29, 1.82) is 0 Å². The lowest BCUT2D eigenvalue weighted by atomic mass is 9.96. The number of hydrogen-bond donors (Lipinski definition) is 1. The van der Waals surface area contributed by atoms with Gasteiger partial charge in [-0.2, -0.15) is 5.10 Å². The molecular formula is C17H25N5OS. The Labute approximate surface area is 146 Å². The summed E-state index contributed by atoms with van der Waals surface area (Å²) in [7, 11) is 0. The number of amides is 1. The Morgan fingerprint density at radius 2 is 2.46 bits per heavy atom. The van der Waals surface area contributed by atoms with Crippen LogP contribution < -0.4 is 5.32 Å². The molecule has 0 aliphatic carbocycles. The van der Waals surface area contributed by atoms with E-state index >= 15 is 0 Å². The lowest BCUT2D eigenvalue weighted by molar-refractivity contribution is -0.126. The van der Waals surface area contributed by atoms with Crippen LogP contribution in [0.4, 0.5) is 0 Å². The highest BCUT2D eigenvalue weighted by Gasteiger charge is 2.27. The van der Waals surface area contributed by atoms with Crippen molar-refractivity contribution >= 4 is 17.2 Å². The van der Waals surface area contributed by atoms with Gasteiger partial charge in [-0.05, 0) is 50.1 Å². The molecule has 0 bridgehead atoms. The largest absolute Gasteiger partial charge is 0.354 e. The van der Waals surface area contributed by atoms with Gasteiger partial charge in [-0.1, -0.05) is 6.07 Å². The van der Waals surface area contributed by atoms with E-state index in [1.807, 2.05) is 17.7 Å². The summed E-state index contributed by atoms with van der Waals surface area (Å²) in [5.41, 5.74) is 0. The Kier molecular flexibility index (Phi) is 5.98. The minimum atomic E-state index is -0.0770. The van der Waals surface area contributed by atoms with Gasteiger partial charge in [0.1, 0.15) is 12.7 Å². The van der Waals surface area contributed by atoms with Crippen LogP contribution in [0.3, 0.4) is 0 Å². The molecule has 0 unspecified atom stereocenters. The first-order chi connectivity index (χ1) is 11.7. The van der Waals surface area contributed by atoms with Crippen LogP contribution in [0.15, 0.2) is 30.2 Å². The Morgan fingerprint density at radius 3 is 3.21 bits per heavy atom. The van der Waals surface area contributed by atoms with Crippen molar-refractivity contribution in [2.45, 2.75) is 38.8 Å². The molecule has 3 heterocycles. The van der Waals surface area contributed by atoms with Gasteiger partial charge in [0.15, 0.2) is 0 Å². The first-order valence-electron chi connectivity index (χ1n) is 8.59. The van der Waals surface area contributed by atoms with E-state index in [1.54, 1.807) is 24.0 Å². The minimum absolute atomic E-state index is 0.0770. The van der Waals surface area contributed by atoms with Crippen molar-refractivity contribution in [1.82, 2.24) is 25.0 Å². The zero-order valence-electron chi connectivity index (χ0n) is 14.1. The Hall–Kier alpha value is -1.73. The molecular weight excluding hydrogens is 322 g/mol. The van der Waals surface area contributed by atoms with Crippen molar-refractivity contribution in [3.8, 4) is 0 Å². The fourth-order valence-corrected chi connectivity index (χ4v) is 3.98. The van der Waals surface area contributed by atoms with Crippen LogP contribution in [0.2, 0.25) is 0 Å². The number of hydrogen-bond acceptors (Lipinski definition) is 5. The second-order valence-corrected chi connectivity index (χ2v) is 7.45. The molecule has 130 valence electrons. The maximum absolute atomic E-state index is 12.4. The molecule has 2 aromatic rings. The standard InChI is InChI=1S/C17H25N5OS/c1-14(17(23)19-7-6-16-5-3-9-24-16)21-8-2-4-15(10-21)11-22-13-18-12-20-22/h3,5,9,12-15H,2,4,6-8,10-11H2,1H3,(H,19,23)/t14-,15+/m0/s1. The number of nitrogens with zero attached hydrogens (tertiary/aromatic N) is 4. The summed E-state index contributed by atoms with van der Waals surface area (Å²) in [4.78, 5) is 20.0. The second-order valence-electron chi connectivity index (χ2n) is 6.42. The SMILES string of the molecule is C[C@@H](C(=O)NCCc1cccs1)N1CCC[C@@H](Cn2cncn2)C1. The molecule has 1 fully saturated rings. The maximum atomic E-state index is 12.4.